The van der Waals surface area contributed by atoms with Crippen LogP contribution in [0, 0.1) is 0 Å². The van der Waals surface area contributed by atoms with Crippen LogP contribution >= 0.6 is 0 Å². The summed E-state index contributed by atoms with van der Waals surface area (Å²) in [4.78, 5) is 10.8. The van der Waals surface area contributed by atoms with E-state index in [4.69, 9.17) is 10.5 Å². The second kappa shape index (κ2) is 4.85. The van der Waals surface area contributed by atoms with E-state index in [9.17, 15) is 0 Å². The van der Waals surface area contributed by atoms with Gasteiger partial charge >= 0.3 is 0 Å². The second-order valence-corrected chi connectivity index (χ2v) is 4.63. The Labute approximate surface area is 112 Å². The third-order valence-corrected chi connectivity index (χ3v) is 3.43. The van der Waals surface area contributed by atoms with Gasteiger partial charge in [-0.15, -0.1) is 0 Å². The molecule has 0 unspecified atom stereocenters. The first-order valence-corrected chi connectivity index (χ1v) is 6.21. The molecule has 0 aromatic carbocycles. The monoisotopic (exact) mass is 256 g/mol. The van der Waals surface area contributed by atoms with Crippen molar-refractivity contribution in [1.82, 2.24) is 9.97 Å². The van der Waals surface area contributed by atoms with Crippen LogP contribution < -0.4 is 10.6 Å². The summed E-state index contributed by atoms with van der Waals surface area (Å²) >= 11 is 0. The summed E-state index contributed by atoms with van der Waals surface area (Å²) in [7, 11) is 1.74. The predicted molar refractivity (Wildman–Crippen MR) is 74.9 cm³/mol. The van der Waals surface area contributed by atoms with Crippen molar-refractivity contribution >= 4 is 11.4 Å². The van der Waals surface area contributed by atoms with Gasteiger partial charge in [-0.05, 0) is 18.2 Å². The molecule has 0 amide bonds. The highest BCUT2D eigenvalue weighted by Gasteiger charge is 2.26. The number of nitrogens with two attached hydrogens (primary N) is 1. The van der Waals surface area contributed by atoms with Gasteiger partial charge in [-0.3, -0.25) is 9.97 Å². The Kier molecular flexibility index (Phi) is 3.05. The molecule has 0 bridgehead atoms. The molecule has 0 spiro atoms. The molecular formula is C14H16N4O. The maximum Gasteiger partial charge on any atom is 0.0920 e. The fraction of sp³-hybridized carbons (Fsp3) is 0.286. The molecule has 0 radical (unpaired) electrons. The van der Waals surface area contributed by atoms with Gasteiger partial charge in [-0.1, -0.05) is 0 Å². The highest BCUT2D eigenvalue weighted by molar-refractivity contribution is 5.73. The number of aromatic nitrogens is 2. The highest BCUT2D eigenvalue weighted by Crippen LogP contribution is 2.26. The summed E-state index contributed by atoms with van der Waals surface area (Å²) in [5.74, 6) is 0. The maximum atomic E-state index is 5.92. The number of methoxy groups -OCH3 is 1. The average Bonchev–Trinajstić information content (AvgIpc) is 2.39. The average molecular weight is 256 g/mol. The zero-order valence-electron chi connectivity index (χ0n) is 10.8. The van der Waals surface area contributed by atoms with Crippen LogP contribution in [0.3, 0.4) is 0 Å². The van der Waals surface area contributed by atoms with Crippen molar-refractivity contribution in [1.29, 1.82) is 0 Å². The smallest absolute Gasteiger partial charge is 0.0920 e. The van der Waals surface area contributed by atoms with Crippen molar-refractivity contribution in [2.45, 2.75) is 6.10 Å². The number of anilines is 2. The van der Waals surface area contributed by atoms with Gasteiger partial charge in [0.2, 0.25) is 0 Å². The van der Waals surface area contributed by atoms with Crippen molar-refractivity contribution in [2.24, 2.45) is 0 Å². The summed E-state index contributed by atoms with van der Waals surface area (Å²) in [6.45, 7) is 1.85. The van der Waals surface area contributed by atoms with E-state index in [-0.39, 0.29) is 0 Å². The second-order valence-electron chi connectivity index (χ2n) is 4.63. The Morgan fingerprint density at radius 1 is 1.26 bits per heavy atom. The van der Waals surface area contributed by atoms with Gasteiger partial charge in [-0.25, -0.2) is 0 Å². The van der Waals surface area contributed by atoms with Crippen LogP contribution in [-0.4, -0.2) is 36.3 Å². The van der Waals surface area contributed by atoms with Crippen LogP contribution in [0.25, 0.3) is 11.3 Å². The van der Waals surface area contributed by atoms with E-state index in [0.29, 0.717) is 11.8 Å². The maximum absolute atomic E-state index is 5.92. The Bertz CT molecular complexity index is 564. The molecule has 1 fully saturated rings. The van der Waals surface area contributed by atoms with Crippen molar-refractivity contribution in [3.05, 3.63) is 36.8 Å². The van der Waals surface area contributed by atoms with E-state index in [0.717, 1.165) is 30.0 Å². The number of rotatable bonds is 3. The molecular weight excluding hydrogens is 240 g/mol. The largest absolute Gasteiger partial charge is 0.398 e. The molecule has 2 aromatic heterocycles. The Hall–Kier alpha value is -2.14. The molecule has 98 valence electrons. The van der Waals surface area contributed by atoms with Crippen molar-refractivity contribution < 1.29 is 4.74 Å². The third kappa shape index (κ3) is 2.24. The molecule has 5 heteroatoms. The number of hydrogen-bond donors (Lipinski definition) is 1. The first-order valence-electron chi connectivity index (χ1n) is 6.21. The minimum atomic E-state index is 0.341. The van der Waals surface area contributed by atoms with E-state index in [2.05, 4.69) is 20.9 Å². The molecule has 5 nitrogen and oxygen atoms in total. The van der Waals surface area contributed by atoms with Gasteiger partial charge in [0.1, 0.15) is 0 Å². The van der Waals surface area contributed by atoms with Gasteiger partial charge in [0.15, 0.2) is 0 Å². The lowest BCUT2D eigenvalue weighted by Crippen LogP contribution is -2.51. The summed E-state index contributed by atoms with van der Waals surface area (Å²) in [6.07, 6.45) is 5.63. The van der Waals surface area contributed by atoms with Gasteiger partial charge in [-0.2, -0.15) is 0 Å². The van der Waals surface area contributed by atoms with E-state index in [1.54, 1.807) is 25.6 Å². The highest BCUT2D eigenvalue weighted by atomic mass is 16.5. The van der Waals surface area contributed by atoms with E-state index < -0.39 is 0 Å². The van der Waals surface area contributed by atoms with Crippen LogP contribution in [0.15, 0.2) is 36.8 Å². The lowest BCUT2D eigenvalue weighted by Gasteiger charge is -2.39. The molecule has 3 rings (SSSR count). The first kappa shape index (κ1) is 11.9. The molecule has 19 heavy (non-hydrogen) atoms. The molecule has 2 N–H and O–H groups in total. The topological polar surface area (TPSA) is 64.3 Å². The SMILES string of the molecule is COC1CN(c2ccc(-c3cnccc3N)nc2)C1. The molecule has 3 heterocycles. The van der Waals surface area contributed by atoms with Gasteiger partial charge in [0, 0.05) is 43.8 Å². The zero-order valence-corrected chi connectivity index (χ0v) is 10.8. The molecule has 1 aliphatic heterocycles. The van der Waals surface area contributed by atoms with Crippen LogP contribution in [-0.2, 0) is 4.74 Å². The van der Waals surface area contributed by atoms with E-state index in [1.165, 1.54) is 0 Å². The van der Waals surface area contributed by atoms with E-state index in [1.807, 2.05) is 12.3 Å². The van der Waals surface area contributed by atoms with Gasteiger partial charge in [0.05, 0.1) is 23.7 Å². The van der Waals surface area contributed by atoms with Gasteiger partial charge in [0.25, 0.3) is 0 Å². The molecule has 0 saturated carbocycles. The standard InChI is InChI=1S/C14H16N4O/c1-19-11-8-18(9-11)10-2-3-14(17-6-10)12-7-16-5-4-13(12)15/h2-7,11H,8-9H2,1H3,(H2,15,16). The number of nitrogens with zero attached hydrogens (tertiary/aromatic N) is 3. The molecule has 2 aromatic rings. The minimum Gasteiger partial charge on any atom is -0.398 e. The Balaban J connectivity index is 1.78. The number of nitrogen functional groups attached to an aromatic ring is 1. The Morgan fingerprint density at radius 3 is 2.74 bits per heavy atom. The number of hydrogen-bond acceptors (Lipinski definition) is 5. The summed E-state index contributed by atoms with van der Waals surface area (Å²) in [6, 6.07) is 5.81. The van der Waals surface area contributed by atoms with Crippen LogP contribution in [0.5, 0.6) is 0 Å². The van der Waals surface area contributed by atoms with E-state index >= 15 is 0 Å². The van der Waals surface area contributed by atoms with Crippen molar-refractivity contribution in [3.63, 3.8) is 0 Å². The summed E-state index contributed by atoms with van der Waals surface area (Å²) < 4.78 is 5.26. The first-order chi connectivity index (χ1) is 9.28. The zero-order chi connectivity index (χ0) is 13.2. The van der Waals surface area contributed by atoms with Crippen molar-refractivity contribution in [3.8, 4) is 11.3 Å². The van der Waals surface area contributed by atoms with Crippen LogP contribution in [0.2, 0.25) is 0 Å². The van der Waals surface area contributed by atoms with Gasteiger partial charge < -0.3 is 15.4 Å². The minimum absolute atomic E-state index is 0.341. The molecule has 1 saturated heterocycles. The van der Waals surface area contributed by atoms with Crippen LogP contribution in [0.1, 0.15) is 0 Å². The molecule has 0 atom stereocenters. The Morgan fingerprint density at radius 2 is 2.11 bits per heavy atom. The van der Waals surface area contributed by atoms with Crippen LogP contribution in [0.4, 0.5) is 11.4 Å². The normalized spacial score (nSPS) is 15.3. The number of ether oxygens (including phenoxy) is 1. The fourth-order valence-corrected chi connectivity index (χ4v) is 2.15. The van der Waals surface area contributed by atoms with Crippen molar-refractivity contribution in [2.75, 3.05) is 30.8 Å². The number of pyridine rings is 2. The quantitative estimate of drug-likeness (QED) is 0.903. The molecule has 1 aliphatic rings. The lowest BCUT2D eigenvalue weighted by molar-refractivity contribution is 0.0787. The summed E-state index contributed by atoms with van der Waals surface area (Å²) in [5, 5.41) is 0. The molecule has 0 aliphatic carbocycles. The fourth-order valence-electron chi connectivity index (χ4n) is 2.15. The summed E-state index contributed by atoms with van der Waals surface area (Å²) in [5.41, 5.74) is 9.43. The third-order valence-electron chi connectivity index (χ3n) is 3.43. The predicted octanol–water partition coefficient (Wildman–Crippen LogP) is 1.56. The lowest BCUT2D eigenvalue weighted by atomic mass is 10.1.